The number of benzene rings is 1. The van der Waals surface area contributed by atoms with E-state index in [1.54, 1.807) is 4.68 Å². The lowest BCUT2D eigenvalue weighted by Gasteiger charge is -2.05. The van der Waals surface area contributed by atoms with Crippen LogP contribution in [0.15, 0.2) is 29.6 Å². The summed E-state index contributed by atoms with van der Waals surface area (Å²) in [5, 5.41) is 11.7. The van der Waals surface area contributed by atoms with E-state index in [1.807, 2.05) is 36.6 Å². The average Bonchev–Trinajstić information content (AvgIpc) is 3.04. The highest BCUT2D eigenvalue weighted by atomic mass is 35.5. The van der Waals surface area contributed by atoms with Crippen LogP contribution in [0.1, 0.15) is 11.4 Å². The summed E-state index contributed by atoms with van der Waals surface area (Å²) in [6.45, 7) is 2.26. The molecule has 102 valence electrons. The Hall–Kier alpha value is -1.76. The molecule has 2 aromatic heterocycles. The van der Waals surface area contributed by atoms with E-state index in [0.717, 1.165) is 27.8 Å². The Bertz CT molecular complexity index is 749. The molecule has 1 aromatic carbocycles. The quantitative estimate of drug-likeness (QED) is 0.808. The number of nitrogens with two attached hydrogens (primary N) is 1. The first kappa shape index (κ1) is 13.2. The zero-order valence-electron chi connectivity index (χ0n) is 10.7. The molecule has 5 nitrogen and oxygen atoms in total. The first-order valence-corrected chi connectivity index (χ1v) is 7.28. The van der Waals surface area contributed by atoms with Crippen LogP contribution in [0.3, 0.4) is 0 Å². The first-order valence-electron chi connectivity index (χ1n) is 6.02. The number of thiazole rings is 1. The second kappa shape index (κ2) is 5.32. The van der Waals surface area contributed by atoms with Crippen LogP contribution >= 0.6 is 22.9 Å². The van der Waals surface area contributed by atoms with Crippen molar-refractivity contribution in [2.45, 2.75) is 13.5 Å². The van der Waals surface area contributed by atoms with Crippen molar-refractivity contribution >= 4 is 22.9 Å². The fraction of sp³-hybridized carbons (Fsp3) is 0.154. The third-order valence-electron chi connectivity index (χ3n) is 2.82. The second-order valence-corrected chi connectivity index (χ2v) is 5.56. The lowest BCUT2D eigenvalue weighted by molar-refractivity contribution is 0.792. The predicted molar refractivity (Wildman–Crippen MR) is 80.1 cm³/mol. The topological polar surface area (TPSA) is 69.6 Å². The number of rotatable bonds is 3. The minimum atomic E-state index is 0.312. The third-order valence-corrected chi connectivity index (χ3v) is 3.99. The molecule has 2 N–H and O–H groups in total. The van der Waals surface area contributed by atoms with E-state index >= 15 is 0 Å². The van der Waals surface area contributed by atoms with Crippen LogP contribution in [0.25, 0.3) is 16.4 Å². The summed E-state index contributed by atoms with van der Waals surface area (Å²) in [5.74, 6) is 0. The Morgan fingerprint density at radius 1 is 1.40 bits per heavy atom. The van der Waals surface area contributed by atoms with Gasteiger partial charge in [-0.15, -0.1) is 16.4 Å². The SMILES string of the molecule is Cc1csc(-n2nnc(CN)c2-c2cccc(Cl)c2)n1. The molecule has 0 amide bonds. The van der Waals surface area contributed by atoms with Gasteiger partial charge in [-0.05, 0) is 19.1 Å². The monoisotopic (exact) mass is 305 g/mol. The number of nitrogens with zero attached hydrogens (tertiary/aromatic N) is 4. The summed E-state index contributed by atoms with van der Waals surface area (Å²) in [5.41, 5.74) is 9.19. The molecule has 20 heavy (non-hydrogen) atoms. The minimum Gasteiger partial charge on any atom is -0.325 e. The molecule has 0 saturated carbocycles. The van der Waals surface area contributed by atoms with Crippen molar-refractivity contribution < 1.29 is 0 Å². The predicted octanol–water partition coefficient (Wildman–Crippen LogP) is 2.81. The first-order chi connectivity index (χ1) is 9.69. The molecule has 0 fully saturated rings. The van der Waals surface area contributed by atoms with Crippen molar-refractivity contribution in [3.05, 3.63) is 46.1 Å². The van der Waals surface area contributed by atoms with E-state index in [0.29, 0.717) is 11.6 Å². The summed E-state index contributed by atoms with van der Waals surface area (Å²) >= 11 is 7.58. The van der Waals surface area contributed by atoms with Crippen LogP contribution in [-0.4, -0.2) is 20.0 Å². The highest BCUT2D eigenvalue weighted by Crippen LogP contribution is 2.28. The maximum atomic E-state index is 6.07. The summed E-state index contributed by atoms with van der Waals surface area (Å²) in [4.78, 5) is 4.44. The van der Waals surface area contributed by atoms with Crippen molar-refractivity contribution in [3.63, 3.8) is 0 Å². The zero-order valence-corrected chi connectivity index (χ0v) is 12.3. The molecule has 0 aliphatic rings. The largest absolute Gasteiger partial charge is 0.325 e. The van der Waals surface area contributed by atoms with Gasteiger partial charge in [0.25, 0.3) is 0 Å². The lowest BCUT2D eigenvalue weighted by atomic mass is 10.1. The molecule has 0 aliphatic heterocycles. The van der Waals surface area contributed by atoms with Crippen LogP contribution in [0, 0.1) is 6.92 Å². The van der Waals surface area contributed by atoms with Gasteiger partial charge in [-0.25, -0.2) is 4.98 Å². The fourth-order valence-electron chi connectivity index (χ4n) is 1.95. The smallest absolute Gasteiger partial charge is 0.212 e. The number of aryl methyl sites for hydroxylation is 1. The Labute approximate surface area is 125 Å². The van der Waals surface area contributed by atoms with Gasteiger partial charge in [0, 0.05) is 22.5 Å². The van der Waals surface area contributed by atoms with Crippen molar-refractivity contribution in [1.82, 2.24) is 20.0 Å². The molecule has 0 saturated heterocycles. The Morgan fingerprint density at radius 3 is 2.90 bits per heavy atom. The molecule has 0 spiro atoms. The van der Waals surface area contributed by atoms with Gasteiger partial charge in [-0.1, -0.05) is 28.9 Å². The van der Waals surface area contributed by atoms with Crippen LogP contribution in [0.5, 0.6) is 0 Å². The van der Waals surface area contributed by atoms with Gasteiger partial charge in [-0.2, -0.15) is 4.68 Å². The van der Waals surface area contributed by atoms with E-state index in [2.05, 4.69) is 15.3 Å². The van der Waals surface area contributed by atoms with Crippen LogP contribution in [0.4, 0.5) is 0 Å². The van der Waals surface area contributed by atoms with Crippen molar-refractivity contribution in [1.29, 1.82) is 0 Å². The van der Waals surface area contributed by atoms with Crippen LogP contribution < -0.4 is 5.73 Å². The number of hydrogen-bond acceptors (Lipinski definition) is 5. The Morgan fingerprint density at radius 2 is 2.25 bits per heavy atom. The molecule has 3 rings (SSSR count). The summed E-state index contributed by atoms with van der Waals surface area (Å²) in [7, 11) is 0. The van der Waals surface area contributed by atoms with Crippen LogP contribution in [0.2, 0.25) is 5.02 Å². The number of halogens is 1. The van der Waals surface area contributed by atoms with E-state index in [-0.39, 0.29) is 0 Å². The molecule has 2 heterocycles. The van der Waals surface area contributed by atoms with Gasteiger partial charge in [0.2, 0.25) is 5.13 Å². The standard InChI is InChI=1S/C13H12ClN5S/c1-8-7-20-13(16-8)19-12(11(6-15)17-18-19)9-3-2-4-10(14)5-9/h2-5,7H,6,15H2,1H3. The maximum Gasteiger partial charge on any atom is 0.212 e. The molecule has 0 radical (unpaired) electrons. The summed E-state index contributed by atoms with van der Waals surface area (Å²) in [6, 6.07) is 7.55. The average molecular weight is 306 g/mol. The van der Waals surface area contributed by atoms with Gasteiger partial charge < -0.3 is 5.73 Å². The Balaban J connectivity index is 2.20. The Kier molecular flexibility index (Phi) is 3.52. The molecule has 7 heteroatoms. The fourth-order valence-corrected chi connectivity index (χ4v) is 2.89. The molecular weight excluding hydrogens is 294 g/mol. The van der Waals surface area contributed by atoms with Gasteiger partial charge in [-0.3, -0.25) is 0 Å². The van der Waals surface area contributed by atoms with Gasteiger partial charge in [0.1, 0.15) is 11.4 Å². The van der Waals surface area contributed by atoms with Crippen molar-refractivity contribution in [2.24, 2.45) is 5.73 Å². The van der Waals surface area contributed by atoms with E-state index < -0.39 is 0 Å². The lowest BCUT2D eigenvalue weighted by Crippen LogP contribution is -2.02. The third kappa shape index (κ3) is 2.33. The summed E-state index contributed by atoms with van der Waals surface area (Å²) in [6.07, 6.45) is 0. The number of aromatic nitrogens is 4. The normalized spacial score (nSPS) is 10.9. The maximum absolute atomic E-state index is 6.07. The van der Waals surface area contributed by atoms with Gasteiger partial charge in [0.05, 0.1) is 5.69 Å². The zero-order chi connectivity index (χ0) is 14.1. The number of hydrogen-bond donors (Lipinski definition) is 1. The highest BCUT2D eigenvalue weighted by molar-refractivity contribution is 7.12. The second-order valence-electron chi connectivity index (χ2n) is 4.28. The molecule has 0 aliphatic carbocycles. The van der Waals surface area contributed by atoms with Crippen molar-refractivity contribution in [3.8, 4) is 16.4 Å². The van der Waals surface area contributed by atoms with Crippen LogP contribution in [-0.2, 0) is 6.54 Å². The molecular formula is C13H12ClN5S. The van der Waals surface area contributed by atoms with E-state index in [4.69, 9.17) is 17.3 Å². The minimum absolute atomic E-state index is 0.312. The van der Waals surface area contributed by atoms with Gasteiger partial charge in [0.15, 0.2) is 0 Å². The highest BCUT2D eigenvalue weighted by Gasteiger charge is 2.17. The van der Waals surface area contributed by atoms with E-state index in [9.17, 15) is 0 Å². The molecule has 0 atom stereocenters. The van der Waals surface area contributed by atoms with E-state index in [1.165, 1.54) is 11.3 Å². The molecule has 3 aromatic rings. The molecule has 0 unspecified atom stereocenters. The van der Waals surface area contributed by atoms with Crippen molar-refractivity contribution in [2.75, 3.05) is 0 Å². The summed E-state index contributed by atoms with van der Waals surface area (Å²) < 4.78 is 1.71. The molecule has 0 bridgehead atoms. The van der Waals surface area contributed by atoms with Gasteiger partial charge >= 0.3 is 0 Å².